The number of anilines is 1. The molecule has 2 aliphatic rings. The first kappa shape index (κ1) is 18.2. The number of fused-ring (bicyclic) bond motifs is 1. The zero-order valence-corrected chi connectivity index (χ0v) is 15.3. The average molecular weight is 381 g/mol. The minimum absolute atomic E-state index is 0.0738. The molecule has 0 unspecified atom stereocenters. The molecular weight excluding hydrogens is 361 g/mol. The lowest BCUT2D eigenvalue weighted by molar-refractivity contribution is -0.131. The van der Waals surface area contributed by atoms with E-state index in [1.165, 1.54) is 12.1 Å². The molecule has 2 heterocycles. The van der Waals surface area contributed by atoms with Gasteiger partial charge in [-0.25, -0.2) is 4.39 Å². The normalized spacial score (nSPS) is 16.5. The third-order valence-electron chi connectivity index (χ3n) is 5.25. The molecule has 0 atom stereocenters. The van der Waals surface area contributed by atoms with Crippen LogP contribution in [0.1, 0.15) is 27.1 Å². The van der Waals surface area contributed by atoms with Crippen LogP contribution in [-0.4, -0.2) is 60.2 Å². The Morgan fingerprint density at radius 3 is 2.00 bits per heavy atom. The van der Waals surface area contributed by atoms with Crippen molar-refractivity contribution in [2.75, 3.05) is 37.6 Å². The first-order chi connectivity index (χ1) is 13.5. The van der Waals surface area contributed by atoms with Gasteiger partial charge in [0.15, 0.2) is 0 Å². The van der Waals surface area contributed by atoms with Crippen LogP contribution in [0.2, 0.25) is 0 Å². The van der Waals surface area contributed by atoms with Gasteiger partial charge < -0.3 is 9.80 Å². The van der Waals surface area contributed by atoms with Crippen molar-refractivity contribution in [2.45, 2.75) is 6.42 Å². The number of benzene rings is 2. The first-order valence-corrected chi connectivity index (χ1v) is 9.28. The van der Waals surface area contributed by atoms with E-state index in [9.17, 15) is 18.8 Å². The van der Waals surface area contributed by atoms with Gasteiger partial charge >= 0.3 is 0 Å². The van der Waals surface area contributed by atoms with E-state index in [0.29, 0.717) is 37.3 Å². The summed E-state index contributed by atoms with van der Waals surface area (Å²) in [6.45, 7) is 2.51. The molecule has 0 radical (unpaired) electrons. The SMILES string of the molecule is O=C(CCN1C(=O)c2ccccc2C1=O)N1CCN(c2ccc(F)cc2)CC1. The number of carbonyl (C=O) groups excluding carboxylic acids is 3. The Kier molecular flexibility index (Phi) is 4.81. The molecule has 28 heavy (non-hydrogen) atoms. The largest absolute Gasteiger partial charge is 0.368 e. The molecule has 144 valence electrons. The predicted octanol–water partition coefficient (Wildman–Crippen LogP) is 2.16. The van der Waals surface area contributed by atoms with Gasteiger partial charge in [0.1, 0.15) is 5.82 Å². The van der Waals surface area contributed by atoms with Crippen LogP contribution in [0.25, 0.3) is 0 Å². The summed E-state index contributed by atoms with van der Waals surface area (Å²) in [7, 11) is 0. The number of carbonyl (C=O) groups is 3. The molecule has 0 spiro atoms. The van der Waals surface area contributed by atoms with Crippen LogP contribution in [0.4, 0.5) is 10.1 Å². The predicted molar refractivity (Wildman–Crippen MR) is 102 cm³/mol. The van der Waals surface area contributed by atoms with Gasteiger partial charge in [-0.15, -0.1) is 0 Å². The van der Waals surface area contributed by atoms with Crippen molar-refractivity contribution in [3.05, 3.63) is 65.5 Å². The summed E-state index contributed by atoms with van der Waals surface area (Å²) < 4.78 is 13.1. The number of imide groups is 1. The smallest absolute Gasteiger partial charge is 0.261 e. The van der Waals surface area contributed by atoms with E-state index < -0.39 is 0 Å². The molecule has 1 fully saturated rings. The molecule has 2 aromatic rings. The van der Waals surface area contributed by atoms with E-state index in [1.54, 1.807) is 41.3 Å². The van der Waals surface area contributed by atoms with Gasteiger partial charge in [0.05, 0.1) is 11.1 Å². The molecule has 4 rings (SSSR count). The summed E-state index contributed by atoms with van der Waals surface area (Å²) in [5, 5.41) is 0. The highest BCUT2D eigenvalue weighted by molar-refractivity contribution is 6.21. The van der Waals surface area contributed by atoms with Gasteiger partial charge in [0, 0.05) is 44.8 Å². The Morgan fingerprint density at radius 2 is 1.43 bits per heavy atom. The monoisotopic (exact) mass is 381 g/mol. The van der Waals surface area contributed by atoms with Crippen LogP contribution in [0, 0.1) is 5.82 Å². The van der Waals surface area contributed by atoms with Gasteiger partial charge in [0.25, 0.3) is 11.8 Å². The third kappa shape index (κ3) is 3.35. The van der Waals surface area contributed by atoms with Crippen molar-refractivity contribution >= 4 is 23.4 Å². The van der Waals surface area contributed by atoms with E-state index in [4.69, 9.17) is 0 Å². The van der Waals surface area contributed by atoms with Crippen LogP contribution in [0.5, 0.6) is 0 Å². The molecule has 2 aliphatic heterocycles. The number of halogens is 1. The average Bonchev–Trinajstić information content (AvgIpc) is 2.97. The Morgan fingerprint density at radius 1 is 0.857 bits per heavy atom. The maximum Gasteiger partial charge on any atom is 0.261 e. The zero-order valence-electron chi connectivity index (χ0n) is 15.3. The lowest BCUT2D eigenvalue weighted by Gasteiger charge is -2.36. The molecule has 7 heteroatoms. The third-order valence-corrected chi connectivity index (χ3v) is 5.25. The number of amides is 3. The molecule has 0 bridgehead atoms. The topological polar surface area (TPSA) is 60.9 Å². The molecule has 0 aromatic heterocycles. The molecule has 1 saturated heterocycles. The fourth-order valence-electron chi connectivity index (χ4n) is 3.67. The number of hydrogen-bond donors (Lipinski definition) is 0. The standard InChI is InChI=1S/C21H20FN3O3/c22-15-5-7-16(8-6-15)23-11-13-24(14-12-23)19(26)9-10-25-20(27)17-3-1-2-4-18(17)21(25)28/h1-8H,9-14H2. The number of piperazine rings is 1. The van der Waals surface area contributed by atoms with Gasteiger partial charge in [-0.05, 0) is 36.4 Å². The summed E-state index contributed by atoms with van der Waals surface area (Å²) in [5.74, 6) is -1.02. The van der Waals surface area contributed by atoms with E-state index in [0.717, 1.165) is 10.6 Å². The van der Waals surface area contributed by atoms with E-state index in [2.05, 4.69) is 4.90 Å². The van der Waals surface area contributed by atoms with Crippen LogP contribution in [0.15, 0.2) is 48.5 Å². The van der Waals surface area contributed by atoms with Gasteiger partial charge in [-0.2, -0.15) is 0 Å². The second-order valence-electron chi connectivity index (χ2n) is 6.90. The Bertz CT molecular complexity index is 886. The van der Waals surface area contributed by atoms with Crippen molar-refractivity contribution in [1.82, 2.24) is 9.80 Å². The second-order valence-corrected chi connectivity index (χ2v) is 6.90. The van der Waals surface area contributed by atoms with Crippen LogP contribution in [0.3, 0.4) is 0 Å². The summed E-state index contributed by atoms with van der Waals surface area (Å²) in [6.07, 6.45) is 0.113. The van der Waals surface area contributed by atoms with E-state index in [-0.39, 0.29) is 36.5 Å². The summed E-state index contributed by atoms with van der Waals surface area (Å²) in [4.78, 5) is 42.3. The highest BCUT2D eigenvalue weighted by atomic mass is 19.1. The summed E-state index contributed by atoms with van der Waals surface area (Å²) >= 11 is 0. The van der Waals surface area contributed by atoms with Crippen molar-refractivity contribution in [2.24, 2.45) is 0 Å². The quantitative estimate of drug-likeness (QED) is 0.762. The van der Waals surface area contributed by atoms with Crippen LogP contribution in [-0.2, 0) is 4.79 Å². The lowest BCUT2D eigenvalue weighted by Crippen LogP contribution is -2.49. The number of hydrogen-bond acceptors (Lipinski definition) is 4. The summed E-state index contributed by atoms with van der Waals surface area (Å²) in [5.41, 5.74) is 1.72. The number of nitrogens with zero attached hydrogens (tertiary/aromatic N) is 3. The van der Waals surface area contributed by atoms with E-state index in [1.807, 2.05) is 0 Å². The van der Waals surface area contributed by atoms with Gasteiger partial charge in [-0.3, -0.25) is 19.3 Å². The van der Waals surface area contributed by atoms with Crippen molar-refractivity contribution in [1.29, 1.82) is 0 Å². The molecule has 0 saturated carbocycles. The lowest BCUT2D eigenvalue weighted by atomic mass is 10.1. The maximum atomic E-state index is 13.1. The fraction of sp³-hybridized carbons (Fsp3) is 0.286. The maximum absolute atomic E-state index is 13.1. The van der Waals surface area contributed by atoms with Crippen molar-refractivity contribution < 1.29 is 18.8 Å². The molecule has 6 nitrogen and oxygen atoms in total. The highest BCUT2D eigenvalue weighted by Crippen LogP contribution is 2.23. The minimum Gasteiger partial charge on any atom is -0.368 e. The van der Waals surface area contributed by atoms with Gasteiger partial charge in [-0.1, -0.05) is 12.1 Å². The molecule has 0 aliphatic carbocycles. The van der Waals surface area contributed by atoms with Crippen LogP contribution < -0.4 is 4.90 Å². The highest BCUT2D eigenvalue weighted by Gasteiger charge is 2.35. The van der Waals surface area contributed by atoms with Gasteiger partial charge in [0.2, 0.25) is 5.91 Å². The minimum atomic E-state index is -0.338. The van der Waals surface area contributed by atoms with Crippen molar-refractivity contribution in [3.63, 3.8) is 0 Å². The molecular formula is C21H20FN3O3. The van der Waals surface area contributed by atoms with Crippen molar-refractivity contribution in [3.8, 4) is 0 Å². The Hall–Kier alpha value is -3.22. The fourth-order valence-corrected chi connectivity index (χ4v) is 3.67. The second kappa shape index (κ2) is 7.42. The molecule has 2 aromatic carbocycles. The Balaban J connectivity index is 1.30. The molecule has 0 N–H and O–H groups in total. The molecule has 3 amide bonds. The number of rotatable bonds is 4. The van der Waals surface area contributed by atoms with E-state index >= 15 is 0 Å². The summed E-state index contributed by atoms with van der Waals surface area (Å²) in [6, 6.07) is 13.0. The van der Waals surface area contributed by atoms with Crippen LogP contribution >= 0.6 is 0 Å². The Labute approximate surface area is 162 Å². The zero-order chi connectivity index (χ0) is 19.7. The first-order valence-electron chi connectivity index (χ1n) is 9.28.